The molecule has 2 N–H and O–H groups in total. The Morgan fingerprint density at radius 2 is 2.18 bits per heavy atom. The summed E-state index contributed by atoms with van der Waals surface area (Å²) in [5.41, 5.74) is 3.18. The van der Waals surface area contributed by atoms with Crippen molar-refractivity contribution < 1.29 is 4.79 Å². The van der Waals surface area contributed by atoms with Gasteiger partial charge in [0.05, 0.1) is 0 Å². The third-order valence-corrected chi connectivity index (χ3v) is 3.25. The summed E-state index contributed by atoms with van der Waals surface area (Å²) in [6.45, 7) is 1.01. The van der Waals surface area contributed by atoms with Gasteiger partial charge in [-0.15, -0.1) is 12.4 Å². The van der Waals surface area contributed by atoms with E-state index in [9.17, 15) is 4.79 Å². The normalized spacial score (nSPS) is 17.4. The van der Waals surface area contributed by atoms with Gasteiger partial charge in [-0.3, -0.25) is 4.79 Å². The molecule has 2 aliphatic rings. The molecule has 92 valence electrons. The number of halogens is 1. The van der Waals surface area contributed by atoms with Crippen LogP contribution in [0.5, 0.6) is 0 Å². The molecule has 4 heteroatoms. The summed E-state index contributed by atoms with van der Waals surface area (Å²) < 4.78 is 0. The van der Waals surface area contributed by atoms with E-state index in [0.29, 0.717) is 6.04 Å². The maximum Gasteiger partial charge on any atom is 0.251 e. The van der Waals surface area contributed by atoms with Crippen LogP contribution in [0.1, 0.15) is 35.2 Å². The predicted molar refractivity (Wildman–Crippen MR) is 71.0 cm³/mol. The Labute approximate surface area is 107 Å². The maximum absolute atomic E-state index is 12.0. The lowest BCUT2D eigenvalue weighted by Crippen LogP contribution is -2.27. The van der Waals surface area contributed by atoms with E-state index in [1.165, 1.54) is 5.56 Å². The first-order valence-corrected chi connectivity index (χ1v) is 6.01. The molecule has 1 aromatic rings. The van der Waals surface area contributed by atoms with Gasteiger partial charge in [0, 0.05) is 23.8 Å². The Kier molecular flexibility index (Phi) is 3.57. The topological polar surface area (TPSA) is 41.1 Å². The summed E-state index contributed by atoms with van der Waals surface area (Å²) in [5, 5.41) is 6.40. The van der Waals surface area contributed by atoms with Crippen molar-refractivity contribution in [3.63, 3.8) is 0 Å². The number of hydrogen-bond acceptors (Lipinski definition) is 2. The van der Waals surface area contributed by atoms with E-state index in [4.69, 9.17) is 0 Å². The van der Waals surface area contributed by atoms with E-state index in [0.717, 1.165) is 43.5 Å². The molecule has 0 unspecified atom stereocenters. The number of benzene rings is 1. The highest BCUT2D eigenvalue weighted by Crippen LogP contribution is 2.26. The van der Waals surface area contributed by atoms with Gasteiger partial charge >= 0.3 is 0 Å². The molecule has 1 heterocycles. The summed E-state index contributed by atoms with van der Waals surface area (Å²) in [6, 6.07) is 6.38. The van der Waals surface area contributed by atoms with Gasteiger partial charge in [-0.05, 0) is 43.4 Å². The van der Waals surface area contributed by atoms with Gasteiger partial charge in [0.2, 0.25) is 0 Å². The zero-order chi connectivity index (χ0) is 11.0. The van der Waals surface area contributed by atoms with Crippen LogP contribution in [0.15, 0.2) is 18.2 Å². The summed E-state index contributed by atoms with van der Waals surface area (Å²) in [5.74, 6) is 0.100. The number of carbonyl (C=O) groups excluding carboxylic acids is 1. The van der Waals surface area contributed by atoms with Crippen molar-refractivity contribution in [2.75, 3.05) is 11.9 Å². The standard InChI is InChI=1S/C13H16N2O.ClH/c16-13(15-9-6-7-9)11-3-1-5-12-10(11)4-2-8-14-12;/h1,3,5,9,14H,2,4,6-8H2,(H,15,16);1H. The zero-order valence-corrected chi connectivity index (χ0v) is 10.5. The van der Waals surface area contributed by atoms with Crippen LogP contribution in [0.3, 0.4) is 0 Å². The number of amides is 1. The molecule has 17 heavy (non-hydrogen) atoms. The van der Waals surface area contributed by atoms with Gasteiger partial charge in [-0.2, -0.15) is 0 Å². The van der Waals surface area contributed by atoms with E-state index in [-0.39, 0.29) is 18.3 Å². The highest BCUT2D eigenvalue weighted by molar-refractivity contribution is 5.97. The third-order valence-electron chi connectivity index (χ3n) is 3.25. The minimum absolute atomic E-state index is 0. The van der Waals surface area contributed by atoms with E-state index in [2.05, 4.69) is 16.7 Å². The van der Waals surface area contributed by atoms with Crippen LogP contribution in [-0.2, 0) is 6.42 Å². The smallest absolute Gasteiger partial charge is 0.251 e. The maximum atomic E-state index is 12.0. The first kappa shape index (κ1) is 12.2. The Morgan fingerprint density at radius 3 is 2.94 bits per heavy atom. The van der Waals surface area contributed by atoms with Gasteiger partial charge in [0.15, 0.2) is 0 Å². The lowest BCUT2D eigenvalue weighted by Gasteiger charge is -2.20. The van der Waals surface area contributed by atoms with Gasteiger partial charge in [-0.25, -0.2) is 0 Å². The molecule has 0 atom stereocenters. The van der Waals surface area contributed by atoms with Gasteiger partial charge in [0.25, 0.3) is 5.91 Å². The average molecular weight is 253 g/mol. The SMILES string of the molecule is Cl.O=C(NC1CC1)c1cccc2c1CCCN2. The molecule has 1 fully saturated rings. The fraction of sp³-hybridized carbons (Fsp3) is 0.462. The number of fused-ring (bicyclic) bond motifs is 1. The molecular formula is C13H17ClN2O. The largest absolute Gasteiger partial charge is 0.385 e. The highest BCUT2D eigenvalue weighted by Gasteiger charge is 2.25. The number of carbonyl (C=O) groups is 1. The fourth-order valence-electron chi connectivity index (χ4n) is 2.21. The highest BCUT2D eigenvalue weighted by atomic mass is 35.5. The summed E-state index contributed by atoms with van der Waals surface area (Å²) in [6.07, 6.45) is 4.40. The second kappa shape index (κ2) is 4.96. The quantitative estimate of drug-likeness (QED) is 0.849. The van der Waals surface area contributed by atoms with Gasteiger partial charge < -0.3 is 10.6 Å². The van der Waals surface area contributed by atoms with Crippen molar-refractivity contribution in [3.8, 4) is 0 Å². The molecule has 0 spiro atoms. The summed E-state index contributed by atoms with van der Waals surface area (Å²) in [7, 11) is 0. The second-order valence-corrected chi connectivity index (χ2v) is 4.61. The Hall–Kier alpha value is -1.22. The lowest BCUT2D eigenvalue weighted by molar-refractivity contribution is 0.0950. The molecule has 1 amide bonds. The molecule has 1 saturated carbocycles. The van der Waals surface area contributed by atoms with Crippen molar-refractivity contribution in [1.82, 2.24) is 5.32 Å². The van der Waals surface area contributed by atoms with E-state index in [1.807, 2.05) is 12.1 Å². The van der Waals surface area contributed by atoms with Crippen molar-refractivity contribution in [1.29, 1.82) is 0 Å². The van der Waals surface area contributed by atoms with Gasteiger partial charge in [-0.1, -0.05) is 6.07 Å². The zero-order valence-electron chi connectivity index (χ0n) is 9.66. The van der Waals surface area contributed by atoms with Crippen molar-refractivity contribution in [2.45, 2.75) is 31.7 Å². The monoisotopic (exact) mass is 252 g/mol. The van der Waals surface area contributed by atoms with Crippen molar-refractivity contribution in [2.24, 2.45) is 0 Å². The minimum atomic E-state index is 0. The van der Waals surface area contributed by atoms with Crippen molar-refractivity contribution >= 4 is 24.0 Å². The summed E-state index contributed by atoms with van der Waals surface area (Å²) >= 11 is 0. The van der Waals surface area contributed by atoms with Crippen LogP contribution in [0.4, 0.5) is 5.69 Å². The van der Waals surface area contributed by atoms with E-state index < -0.39 is 0 Å². The first-order chi connectivity index (χ1) is 7.84. The molecule has 0 bridgehead atoms. The molecular weight excluding hydrogens is 236 g/mol. The summed E-state index contributed by atoms with van der Waals surface area (Å²) in [4.78, 5) is 12.0. The van der Waals surface area contributed by atoms with Crippen molar-refractivity contribution in [3.05, 3.63) is 29.3 Å². The minimum Gasteiger partial charge on any atom is -0.385 e. The van der Waals surface area contributed by atoms with Crippen LogP contribution in [0.25, 0.3) is 0 Å². The number of nitrogens with one attached hydrogen (secondary N) is 2. The molecule has 3 rings (SSSR count). The van der Waals surface area contributed by atoms with Gasteiger partial charge in [0.1, 0.15) is 0 Å². The average Bonchev–Trinajstić information content (AvgIpc) is 3.12. The molecule has 0 radical (unpaired) electrons. The van der Waals surface area contributed by atoms with Crippen LogP contribution >= 0.6 is 12.4 Å². The van der Waals surface area contributed by atoms with E-state index in [1.54, 1.807) is 0 Å². The lowest BCUT2D eigenvalue weighted by atomic mass is 9.97. The predicted octanol–water partition coefficient (Wildman–Crippen LogP) is 2.36. The Balaban J connectivity index is 0.00000108. The number of anilines is 1. The molecule has 3 nitrogen and oxygen atoms in total. The third kappa shape index (κ3) is 2.55. The molecule has 0 saturated heterocycles. The second-order valence-electron chi connectivity index (χ2n) is 4.61. The molecule has 1 aromatic carbocycles. The Morgan fingerprint density at radius 1 is 1.35 bits per heavy atom. The fourth-order valence-corrected chi connectivity index (χ4v) is 2.21. The number of hydrogen-bond donors (Lipinski definition) is 2. The molecule has 0 aromatic heterocycles. The van der Waals surface area contributed by atoms with Crippen LogP contribution < -0.4 is 10.6 Å². The molecule has 1 aliphatic carbocycles. The van der Waals surface area contributed by atoms with E-state index >= 15 is 0 Å². The Bertz CT molecular complexity index is 429. The van der Waals surface area contributed by atoms with Crippen LogP contribution in [0, 0.1) is 0 Å². The number of rotatable bonds is 2. The van der Waals surface area contributed by atoms with Crippen LogP contribution in [-0.4, -0.2) is 18.5 Å². The molecule has 1 aliphatic heterocycles. The first-order valence-electron chi connectivity index (χ1n) is 6.01. The van der Waals surface area contributed by atoms with Crippen LogP contribution in [0.2, 0.25) is 0 Å².